The molecule has 1 saturated heterocycles. The van der Waals surface area contributed by atoms with Crippen LogP contribution in [0.25, 0.3) is 0 Å². The predicted octanol–water partition coefficient (Wildman–Crippen LogP) is 3.45. The van der Waals surface area contributed by atoms with Gasteiger partial charge in [-0.1, -0.05) is 29.8 Å². The standard InChI is InChI=1S/C22H25ClO5/c1-26-16-4-2-13(3-5-16)8-14-9-19(18-6-7-27-22(18)21(14)23)20-11-15(25)10-17(12-24)28-20/h2-5,9,15,17,20,24-25H,6-8,10-12H2,1H3. The molecule has 2 aromatic rings. The monoisotopic (exact) mass is 404 g/mol. The summed E-state index contributed by atoms with van der Waals surface area (Å²) < 4.78 is 17.1. The number of ether oxygens (including phenoxy) is 3. The number of fused-ring (bicyclic) bond motifs is 1. The summed E-state index contributed by atoms with van der Waals surface area (Å²) in [5.74, 6) is 1.54. The van der Waals surface area contributed by atoms with E-state index in [2.05, 4.69) is 6.07 Å². The van der Waals surface area contributed by atoms with Gasteiger partial charge in [0.15, 0.2) is 0 Å². The maximum atomic E-state index is 10.2. The third-order valence-corrected chi connectivity index (χ3v) is 5.93. The first-order valence-electron chi connectivity index (χ1n) is 9.63. The molecular formula is C22H25ClO5. The molecule has 0 saturated carbocycles. The zero-order valence-corrected chi connectivity index (χ0v) is 16.6. The van der Waals surface area contributed by atoms with Crippen molar-refractivity contribution in [2.45, 2.75) is 44.0 Å². The largest absolute Gasteiger partial charge is 0.497 e. The lowest BCUT2D eigenvalue weighted by Crippen LogP contribution is -2.33. The van der Waals surface area contributed by atoms with Crippen molar-refractivity contribution in [2.75, 3.05) is 20.3 Å². The van der Waals surface area contributed by atoms with Gasteiger partial charge in [-0.05, 0) is 35.2 Å². The normalized spacial score (nSPS) is 23.9. The number of hydrogen-bond acceptors (Lipinski definition) is 5. The van der Waals surface area contributed by atoms with Crippen LogP contribution in [0.1, 0.15) is 41.2 Å². The quantitative estimate of drug-likeness (QED) is 0.798. The van der Waals surface area contributed by atoms with Gasteiger partial charge < -0.3 is 24.4 Å². The number of halogens is 1. The topological polar surface area (TPSA) is 68.2 Å². The lowest BCUT2D eigenvalue weighted by molar-refractivity contribution is -0.114. The summed E-state index contributed by atoms with van der Waals surface area (Å²) in [4.78, 5) is 0. The number of aliphatic hydroxyl groups excluding tert-OH is 2. The second-order valence-corrected chi connectivity index (χ2v) is 7.80. The summed E-state index contributed by atoms with van der Waals surface area (Å²) in [7, 11) is 1.65. The van der Waals surface area contributed by atoms with Gasteiger partial charge in [-0.25, -0.2) is 0 Å². The minimum Gasteiger partial charge on any atom is -0.497 e. The average molecular weight is 405 g/mol. The van der Waals surface area contributed by atoms with E-state index in [4.69, 9.17) is 25.8 Å². The van der Waals surface area contributed by atoms with Crippen molar-refractivity contribution in [3.05, 3.63) is 57.6 Å². The van der Waals surface area contributed by atoms with Gasteiger partial charge in [0.2, 0.25) is 0 Å². The first-order chi connectivity index (χ1) is 13.6. The molecule has 1 fully saturated rings. The van der Waals surface area contributed by atoms with Crippen molar-refractivity contribution < 1.29 is 24.4 Å². The number of hydrogen-bond donors (Lipinski definition) is 2. The SMILES string of the molecule is COc1ccc(Cc2cc(C3CC(O)CC(CO)O3)c3c(c2Cl)OCC3)cc1. The fourth-order valence-electron chi connectivity index (χ4n) is 4.10. The molecule has 0 radical (unpaired) electrons. The molecule has 2 aliphatic rings. The molecule has 0 spiro atoms. The van der Waals surface area contributed by atoms with Crippen LogP contribution in [-0.2, 0) is 17.6 Å². The molecule has 2 N–H and O–H groups in total. The lowest BCUT2D eigenvalue weighted by Gasteiger charge is -2.33. The smallest absolute Gasteiger partial charge is 0.141 e. The molecule has 0 bridgehead atoms. The van der Waals surface area contributed by atoms with Crippen molar-refractivity contribution in [2.24, 2.45) is 0 Å². The summed E-state index contributed by atoms with van der Waals surface area (Å²) in [6.45, 7) is 0.491. The Morgan fingerprint density at radius 2 is 2.00 bits per heavy atom. The van der Waals surface area contributed by atoms with Crippen LogP contribution < -0.4 is 9.47 Å². The first-order valence-corrected chi connectivity index (χ1v) is 10.0. The van der Waals surface area contributed by atoms with E-state index in [1.165, 1.54) is 0 Å². The van der Waals surface area contributed by atoms with Gasteiger partial charge >= 0.3 is 0 Å². The van der Waals surface area contributed by atoms with E-state index in [1.54, 1.807) is 7.11 Å². The van der Waals surface area contributed by atoms with Gasteiger partial charge in [-0.2, -0.15) is 0 Å². The number of rotatable bonds is 5. The van der Waals surface area contributed by atoms with E-state index >= 15 is 0 Å². The molecule has 0 aromatic heterocycles. The summed E-state index contributed by atoms with van der Waals surface area (Å²) in [5.41, 5.74) is 4.15. The molecule has 2 aliphatic heterocycles. The minimum absolute atomic E-state index is 0.0987. The molecule has 5 nitrogen and oxygen atoms in total. The molecule has 3 atom stereocenters. The Kier molecular flexibility index (Phi) is 5.78. The molecule has 0 amide bonds. The van der Waals surface area contributed by atoms with Crippen LogP contribution in [0, 0.1) is 0 Å². The van der Waals surface area contributed by atoms with Crippen LogP contribution in [0.4, 0.5) is 0 Å². The highest BCUT2D eigenvalue weighted by Gasteiger charge is 2.33. The first kappa shape index (κ1) is 19.5. The van der Waals surface area contributed by atoms with Gasteiger partial charge in [0.1, 0.15) is 11.5 Å². The fourth-order valence-corrected chi connectivity index (χ4v) is 4.39. The maximum absolute atomic E-state index is 10.2. The molecule has 6 heteroatoms. The molecular weight excluding hydrogens is 380 g/mol. The number of benzene rings is 2. The minimum atomic E-state index is -0.491. The van der Waals surface area contributed by atoms with E-state index in [0.29, 0.717) is 30.9 Å². The zero-order valence-electron chi connectivity index (χ0n) is 15.9. The van der Waals surface area contributed by atoms with Crippen molar-refractivity contribution >= 4 is 11.6 Å². The third-order valence-electron chi connectivity index (χ3n) is 5.51. The molecule has 0 aliphatic carbocycles. The van der Waals surface area contributed by atoms with Crippen LogP contribution in [0.2, 0.25) is 5.02 Å². The van der Waals surface area contributed by atoms with Crippen LogP contribution in [0.3, 0.4) is 0 Å². The molecule has 4 rings (SSSR count). The lowest BCUT2D eigenvalue weighted by atomic mass is 9.89. The van der Waals surface area contributed by atoms with Crippen molar-refractivity contribution in [1.82, 2.24) is 0 Å². The molecule has 2 heterocycles. The van der Waals surface area contributed by atoms with Gasteiger partial charge in [0, 0.05) is 24.8 Å². The Hall–Kier alpha value is -1.79. The van der Waals surface area contributed by atoms with E-state index in [0.717, 1.165) is 40.2 Å². The number of aliphatic hydroxyl groups is 2. The Morgan fingerprint density at radius 3 is 2.71 bits per heavy atom. The van der Waals surface area contributed by atoms with E-state index < -0.39 is 6.10 Å². The second-order valence-electron chi connectivity index (χ2n) is 7.42. The fraction of sp³-hybridized carbons (Fsp3) is 0.455. The summed E-state index contributed by atoms with van der Waals surface area (Å²) >= 11 is 6.68. The van der Waals surface area contributed by atoms with E-state index in [1.807, 2.05) is 24.3 Å². The van der Waals surface area contributed by atoms with Crippen molar-refractivity contribution in [3.8, 4) is 11.5 Å². The molecule has 3 unspecified atom stereocenters. The average Bonchev–Trinajstić information content (AvgIpc) is 3.20. The molecule has 150 valence electrons. The van der Waals surface area contributed by atoms with Crippen LogP contribution >= 0.6 is 11.6 Å². The number of methoxy groups -OCH3 is 1. The van der Waals surface area contributed by atoms with Crippen molar-refractivity contribution in [1.29, 1.82) is 0 Å². The summed E-state index contributed by atoms with van der Waals surface area (Å²) in [6.07, 6.45) is 1.27. The van der Waals surface area contributed by atoms with Gasteiger partial charge in [-0.3, -0.25) is 0 Å². The summed E-state index contributed by atoms with van der Waals surface area (Å²) in [6, 6.07) is 9.98. The Morgan fingerprint density at radius 1 is 1.21 bits per heavy atom. The predicted molar refractivity (Wildman–Crippen MR) is 106 cm³/mol. The Labute approximate surface area is 169 Å². The van der Waals surface area contributed by atoms with E-state index in [9.17, 15) is 10.2 Å². The highest BCUT2D eigenvalue weighted by Crippen LogP contribution is 2.44. The van der Waals surface area contributed by atoms with Gasteiger partial charge in [0.25, 0.3) is 0 Å². The summed E-state index contributed by atoms with van der Waals surface area (Å²) in [5, 5.41) is 20.4. The van der Waals surface area contributed by atoms with Gasteiger partial charge in [0.05, 0.1) is 43.7 Å². The van der Waals surface area contributed by atoms with E-state index in [-0.39, 0.29) is 18.8 Å². The Balaban J connectivity index is 1.69. The molecule has 28 heavy (non-hydrogen) atoms. The van der Waals surface area contributed by atoms with Crippen LogP contribution in [0.5, 0.6) is 11.5 Å². The molecule has 2 aromatic carbocycles. The van der Waals surface area contributed by atoms with Crippen molar-refractivity contribution in [3.63, 3.8) is 0 Å². The van der Waals surface area contributed by atoms with Crippen LogP contribution in [0.15, 0.2) is 30.3 Å². The zero-order chi connectivity index (χ0) is 19.7. The highest BCUT2D eigenvalue weighted by atomic mass is 35.5. The highest BCUT2D eigenvalue weighted by molar-refractivity contribution is 6.33. The second kappa shape index (κ2) is 8.29. The third kappa shape index (κ3) is 3.85. The van der Waals surface area contributed by atoms with Crippen LogP contribution in [-0.4, -0.2) is 42.7 Å². The van der Waals surface area contributed by atoms with Gasteiger partial charge in [-0.15, -0.1) is 0 Å². The maximum Gasteiger partial charge on any atom is 0.141 e. The Bertz CT molecular complexity index is 836.